The molecular formula is C20H23ClN3O3S+. The van der Waals surface area contributed by atoms with Gasteiger partial charge in [0.2, 0.25) is 5.91 Å². The molecule has 2 amide bonds. The van der Waals surface area contributed by atoms with Crippen LogP contribution in [0.1, 0.15) is 22.5 Å². The molecule has 0 unspecified atom stereocenters. The Balaban J connectivity index is 1.39. The summed E-state index contributed by atoms with van der Waals surface area (Å²) < 4.78 is 0. The third-order valence-corrected chi connectivity index (χ3v) is 5.98. The predicted molar refractivity (Wildman–Crippen MR) is 110 cm³/mol. The van der Waals surface area contributed by atoms with Gasteiger partial charge in [-0.2, -0.15) is 0 Å². The van der Waals surface area contributed by atoms with Crippen LogP contribution in [0.3, 0.4) is 0 Å². The van der Waals surface area contributed by atoms with Gasteiger partial charge in [0.05, 0.1) is 41.8 Å². The first-order valence-corrected chi connectivity index (χ1v) is 10.5. The van der Waals surface area contributed by atoms with E-state index in [4.69, 9.17) is 11.6 Å². The van der Waals surface area contributed by atoms with Crippen LogP contribution < -0.4 is 10.2 Å². The zero-order valence-corrected chi connectivity index (χ0v) is 17.0. The summed E-state index contributed by atoms with van der Waals surface area (Å²) in [6, 6.07) is 10.8. The van der Waals surface area contributed by atoms with Crippen LogP contribution in [0.4, 0.5) is 5.69 Å². The fraction of sp³-hybridized carbons (Fsp3) is 0.350. The zero-order valence-electron chi connectivity index (χ0n) is 15.4. The smallest absolute Gasteiger partial charge is 0.279 e. The molecular weight excluding hydrogens is 398 g/mol. The summed E-state index contributed by atoms with van der Waals surface area (Å²) in [5.74, 6) is -0.0715. The minimum Gasteiger partial charge on any atom is -0.331 e. The van der Waals surface area contributed by atoms with Gasteiger partial charge >= 0.3 is 0 Å². The van der Waals surface area contributed by atoms with Crippen molar-refractivity contribution in [1.29, 1.82) is 0 Å². The Hall–Kier alpha value is -2.22. The second-order valence-corrected chi connectivity index (χ2v) is 8.09. The first-order chi connectivity index (χ1) is 13.5. The third kappa shape index (κ3) is 5.64. The van der Waals surface area contributed by atoms with Crippen molar-refractivity contribution in [2.24, 2.45) is 0 Å². The van der Waals surface area contributed by atoms with Crippen LogP contribution in [0, 0.1) is 0 Å². The second kappa shape index (κ2) is 9.82. The minimum atomic E-state index is -0.0931. The maximum atomic E-state index is 12.4. The van der Waals surface area contributed by atoms with Gasteiger partial charge in [-0.3, -0.25) is 14.4 Å². The Bertz CT molecular complexity index is 833. The number of thiophene rings is 1. The predicted octanol–water partition coefficient (Wildman–Crippen LogP) is 1.73. The molecule has 148 valence electrons. The largest absolute Gasteiger partial charge is 0.331 e. The highest BCUT2D eigenvalue weighted by atomic mass is 35.5. The van der Waals surface area contributed by atoms with Crippen LogP contribution in [0.5, 0.6) is 0 Å². The van der Waals surface area contributed by atoms with Gasteiger partial charge in [-0.15, -0.1) is 11.3 Å². The molecule has 3 rings (SSSR count). The topological polar surface area (TPSA) is 70.9 Å². The Kier molecular flexibility index (Phi) is 7.19. The highest BCUT2D eigenvalue weighted by Crippen LogP contribution is 2.20. The van der Waals surface area contributed by atoms with E-state index in [-0.39, 0.29) is 30.4 Å². The summed E-state index contributed by atoms with van der Waals surface area (Å²) in [6.45, 7) is 2.95. The first-order valence-electron chi connectivity index (χ1n) is 9.25. The van der Waals surface area contributed by atoms with Crippen molar-refractivity contribution in [3.05, 3.63) is 51.7 Å². The van der Waals surface area contributed by atoms with Gasteiger partial charge in [-0.25, -0.2) is 0 Å². The van der Waals surface area contributed by atoms with Crippen molar-refractivity contribution >= 4 is 46.2 Å². The highest BCUT2D eigenvalue weighted by Gasteiger charge is 2.25. The summed E-state index contributed by atoms with van der Waals surface area (Å²) >= 11 is 7.46. The molecule has 1 aliphatic rings. The lowest BCUT2D eigenvalue weighted by molar-refractivity contribution is -0.895. The monoisotopic (exact) mass is 420 g/mol. The number of benzene rings is 1. The van der Waals surface area contributed by atoms with Gasteiger partial charge in [0.15, 0.2) is 12.3 Å². The van der Waals surface area contributed by atoms with Crippen molar-refractivity contribution in [2.75, 3.05) is 38.0 Å². The molecule has 28 heavy (non-hydrogen) atoms. The van der Waals surface area contributed by atoms with Gasteiger partial charge in [0.1, 0.15) is 0 Å². The summed E-state index contributed by atoms with van der Waals surface area (Å²) in [4.78, 5) is 40.2. The maximum absolute atomic E-state index is 12.4. The molecule has 1 aliphatic heterocycles. The molecule has 1 aromatic heterocycles. The lowest BCUT2D eigenvalue weighted by Crippen LogP contribution is -3.15. The molecule has 0 atom stereocenters. The van der Waals surface area contributed by atoms with E-state index in [1.165, 1.54) is 11.3 Å². The molecule has 0 aliphatic carbocycles. The number of nitrogens with one attached hydrogen (secondary N) is 2. The van der Waals surface area contributed by atoms with Crippen LogP contribution >= 0.6 is 22.9 Å². The van der Waals surface area contributed by atoms with Crippen LogP contribution in [0.25, 0.3) is 0 Å². The van der Waals surface area contributed by atoms with E-state index >= 15 is 0 Å². The molecule has 2 aromatic rings. The Morgan fingerprint density at radius 3 is 2.50 bits per heavy atom. The highest BCUT2D eigenvalue weighted by molar-refractivity contribution is 7.12. The molecule has 2 heterocycles. The Morgan fingerprint density at radius 2 is 1.82 bits per heavy atom. The number of quaternary nitrogens is 1. The van der Waals surface area contributed by atoms with Crippen molar-refractivity contribution in [3.8, 4) is 0 Å². The number of anilines is 1. The van der Waals surface area contributed by atoms with E-state index in [9.17, 15) is 14.4 Å². The average molecular weight is 421 g/mol. The van der Waals surface area contributed by atoms with E-state index in [0.717, 1.165) is 4.90 Å². The number of amides is 2. The summed E-state index contributed by atoms with van der Waals surface area (Å²) in [5, 5.41) is 5.20. The summed E-state index contributed by atoms with van der Waals surface area (Å²) in [5.41, 5.74) is 0.609. The van der Waals surface area contributed by atoms with E-state index in [0.29, 0.717) is 48.3 Å². The number of halogens is 1. The van der Waals surface area contributed by atoms with Gasteiger partial charge in [0.25, 0.3) is 5.91 Å². The molecule has 6 nitrogen and oxygen atoms in total. The number of rotatable bonds is 7. The quantitative estimate of drug-likeness (QED) is 0.670. The summed E-state index contributed by atoms with van der Waals surface area (Å²) in [7, 11) is 0. The van der Waals surface area contributed by atoms with Gasteiger partial charge in [-0.1, -0.05) is 29.8 Å². The van der Waals surface area contributed by atoms with E-state index in [1.54, 1.807) is 23.1 Å². The minimum absolute atomic E-state index is 0.00414. The van der Waals surface area contributed by atoms with E-state index < -0.39 is 0 Å². The van der Waals surface area contributed by atoms with Gasteiger partial charge < -0.3 is 15.1 Å². The molecule has 0 bridgehead atoms. The molecule has 8 heteroatoms. The molecule has 0 saturated carbocycles. The Morgan fingerprint density at radius 1 is 1.07 bits per heavy atom. The van der Waals surface area contributed by atoms with Gasteiger partial charge in [0, 0.05) is 12.8 Å². The Labute approximate surface area is 173 Å². The van der Waals surface area contributed by atoms with Crippen LogP contribution in [-0.2, 0) is 9.59 Å². The fourth-order valence-corrected chi connectivity index (χ4v) is 4.05. The normalized spacial score (nSPS) is 14.7. The molecule has 1 saturated heterocycles. The molecule has 0 radical (unpaired) electrons. The van der Waals surface area contributed by atoms with E-state index in [1.807, 2.05) is 23.6 Å². The molecule has 1 aromatic carbocycles. The SMILES string of the molecule is O=C(C[NH+]1CCN(C(=O)CCC(=O)c2cccs2)CC1)Nc1ccccc1Cl. The second-order valence-electron chi connectivity index (χ2n) is 6.74. The lowest BCUT2D eigenvalue weighted by atomic mass is 10.1. The number of ketones is 1. The number of Topliss-reactive ketones (excluding diaryl/α,β-unsaturated/α-hetero) is 1. The van der Waals surface area contributed by atoms with Gasteiger partial charge in [-0.05, 0) is 23.6 Å². The number of hydrogen-bond acceptors (Lipinski definition) is 4. The molecule has 0 spiro atoms. The number of piperazine rings is 1. The molecule has 1 fully saturated rings. The fourth-order valence-electron chi connectivity index (χ4n) is 3.17. The van der Waals surface area contributed by atoms with Crippen LogP contribution in [0.2, 0.25) is 5.02 Å². The number of carbonyl (C=O) groups excluding carboxylic acids is 3. The van der Waals surface area contributed by atoms with Crippen molar-refractivity contribution < 1.29 is 19.3 Å². The first kappa shape index (κ1) is 20.5. The lowest BCUT2D eigenvalue weighted by Gasteiger charge is -2.32. The number of hydrogen-bond donors (Lipinski definition) is 2. The maximum Gasteiger partial charge on any atom is 0.279 e. The van der Waals surface area contributed by atoms with Crippen LogP contribution in [0.15, 0.2) is 41.8 Å². The third-order valence-electron chi connectivity index (χ3n) is 4.74. The summed E-state index contributed by atoms with van der Waals surface area (Å²) in [6.07, 6.45) is 0.478. The van der Waals surface area contributed by atoms with Crippen molar-refractivity contribution in [1.82, 2.24) is 4.90 Å². The number of carbonyl (C=O) groups is 3. The molecule has 2 N–H and O–H groups in total. The standard InChI is InChI=1S/C20H22ClN3O3S/c21-15-4-1-2-5-16(15)22-19(26)14-23-9-11-24(12-10-23)20(27)8-7-17(25)18-6-3-13-28-18/h1-6,13H,7-12,14H2,(H,22,26)/p+1. The van der Waals surface area contributed by atoms with Crippen LogP contribution in [-0.4, -0.2) is 55.2 Å². The number of nitrogens with zero attached hydrogens (tertiary/aromatic N) is 1. The van der Waals surface area contributed by atoms with Crippen molar-refractivity contribution in [3.63, 3.8) is 0 Å². The zero-order chi connectivity index (χ0) is 19.9. The van der Waals surface area contributed by atoms with Crippen molar-refractivity contribution in [2.45, 2.75) is 12.8 Å². The van der Waals surface area contributed by atoms with E-state index in [2.05, 4.69) is 5.32 Å². The average Bonchev–Trinajstić information content (AvgIpc) is 3.23. The number of para-hydroxylation sites is 1.